The highest BCUT2D eigenvalue weighted by Crippen LogP contribution is 2.29. The highest BCUT2D eigenvalue weighted by atomic mass is 32.1. The average molecular weight is 340 g/mol. The Morgan fingerprint density at radius 1 is 1.33 bits per heavy atom. The van der Waals surface area contributed by atoms with Crippen LogP contribution in [0.1, 0.15) is 34.1 Å². The van der Waals surface area contributed by atoms with Gasteiger partial charge in [-0.2, -0.15) is 5.10 Å². The number of amides is 1. The Kier molecular flexibility index (Phi) is 4.76. The molecule has 0 radical (unpaired) electrons. The molecule has 2 N–H and O–H groups in total. The Hall–Kier alpha value is -2.47. The molecular weight excluding hydrogens is 320 g/mol. The number of H-pyrrole nitrogens is 1. The molecule has 0 saturated carbocycles. The molecule has 5 nitrogen and oxygen atoms in total. The Bertz CT molecular complexity index is 836. The quantitative estimate of drug-likeness (QED) is 0.728. The number of aromatic amines is 1. The molecule has 3 heterocycles. The number of anilines is 1. The lowest BCUT2D eigenvalue weighted by molar-refractivity contribution is 0.103. The maximum atomic E-state index is 12.5. The van der Waals surface area contributed by atoms with Crippen molar-refractivity contribution < 1.29 is 4.79 Å². The topological polar surface area (TPSA) is 70.7 Å². The minimum absolute atomic E-state index is 0.133. The van der Waals surface area contributed by atoms with Gasteiger partial charge >= 0.3 is 0 Å². The molecule has 124 valence electrons. The van der Waals surface area contributed by atoms with E-state index in [2.05, 4.69) is 34.3 Å². The summed E-state index contributed by atoms with van der Waals surface area (Å²) < 4.78 is 0. The van der Waals surface area contributed by atoms with Crippen LogP contribution in [0.3, 0.4) is 0 Å². The zero-order valence-electron chi connectivity index (χ0n) is 14.0. The van der Waals surface area contributed by atoms with E-state index >= 15 is 0 Å². The molecule has 3 aromatic rings. The molecule has 0 unspecified atom stereocenters. The molecule has 0 aliphatic rings. The van der Waals surface area contributed by atoms with Crippen molar-refractivity contribution in [1.29, 1.82) is 0 Å². The maximum absolute atomic E-state index is 12.5. The molecule has 6 heteroatoms. The number of rotatable bonds is 5. The normalized spacial score (nSPS) is 11.0. The van der Waals surface area contributed by atoms with Crippen LogP contribution in [-0.4, -0.2) is 21.1 Å². The molecule has 0 aromatic carbocycles. The van der Waals surface area contributed by atoms with E-state index in [9.17, 15) is 4.79 Å². The molecule has 0 bridgehead atoms. The standard InChI is InChI=1S/C18H20N4OS/c1-11(2)9-14-6-7-15(24-14)18(23)20-17-16(12(3)21-22-17)13-5-4-8-19-10-13/h4-8,10-11H,9H2,1-3H3,(H2,20,21,22,23). The number of carbonyl (C=O) groups excluding carboxylic acids is 1. The van der Waals surface area contributed by atoms with Crippen LogP contribution in [0.15, 0.2) is 36.7 Å². The molecule has 0 spiro atoms. The first-order valence-electron chi connectivity index (χ1n) is 7.90. The van der Waals surface area contributed by atoms with Gasteiger partial charge in [0.15, 0.2) is 5.82 Å². The van der Waals surface area contributed by atoms with E-state index in [1.54, 1.807) is 12.4 Å². The van der Waals surface area contributed by atoms with Crippen LogP contribution in [0.2, 0.25) is 0 Å². The molecule has 0 aliphatic heterocycles. The molecule has 3 rings (SSSR count). The lowest BCUT2D eigenvalue weighted by Gasteiger charge is -2.05. The van der Waals surface area contributed by atoms with Crippen LogP contribution in [0.5, 0.6) is 0 Å². The molecule has 24 heavy (non-hydrogen) atoms. The summed E-state index contributed by atoms with van der Waals surface area (Å²) in [7, 11) is 0. The van der Waals surface area contributed by atoms with Crippen molar-refractivity contribution in [2.75, 3.05) is 5.32 Å². The minimum atomic E-state index is -0.133. The van der Waals surface area contributed by atoms with Gasteiger partial charge in [0.2, 0.25) is 0 Å². The highest BCUT2D eigenvalue weighted by Gasteiger charge is 2.17. The number of carbonyl (C=O) groups is 1. The fraction of sp³-hybridized carbons (Fsp3) is 0.278. The smallest absolute Gasteiger partial charge is 0.266 e. The largest absolute Gasteiger partial charge is 0.304 e. The average Bonchev–Trinajstić information content (AvgIpc) is 3.15. The van der Waals surface area contributed by atoms with Crippen LogP contribution in [-0.2, 0) is 6.42 Å². The van der Waals surface area contributed by atoms with E-state index in [0.29, 0.717) is 16.6 Å². The fourth-order valence-electron chi connectivity index (χ4n) is 2.56. The van der Waals surface area contributed by atoms with Crippen LogP contribution < -0.4 is 5.32 Å². The molecule has 3 aromatic heterocycles. The van der Waals surface area contributed by atoms with Gasteiger partial charge in [-0.15, -0.1) is 11.3 Å². The van der Waals surface area contributed by atoms with Gasteiger partial charge in [0.25, 0.3) is 5.91 Å². The van der Waals surface area contributed by atoms with Gasteiger partial charge in [-0.3, -0.25) is 14.9 Å². The van der Waals surface area contributed by atoms with Gasteiger partial charge < -0.3 is 5.32 Å². The Balaban J connectivity index is 1.82. The van der Waals surface area contributed by atoms with Crippen molar-refractivity contribution in [3.8, 4) is 11.1 Å². The van der Waals surface area contributed by atoms with Gasteiger partial charge in [0.05, 0.1) is 4.88 Å². The second kappa shape index (κ2) is 6.97. The third kappa shape index (κ3) is 3.54. The van der Waals surface area contributed by atoms with Crippen LogP contribution >= 0.6 is 11.3 Å². The van der Waals surface area contributed by atoms with E-state index in [-0.39, 0.29) is 5.91 Å². The van der Waals surface area contributed by atoms with E-state index in [0.717, 1.165) is 23.2 Å². The summed E-state index contributed by atoms with van der Waals surface area (Å²) >= 11 is 1.53. The Morgan fingerprint density at radius 3 is 2.88 bits per heavy atom. The second-order valence-corrected chi connectivity index (χ2v) is 7.30. The zero-order valence-corrected chi connectivity index (χ0v) is 14.8. The first-order valence-corrected chi connectivity index (χ1v) is 8.71. The first kappa shape index (κ1) is 16.4. The van der Waals surface area contributed by atoms with Crippen LogP contribution in [0.25, 0.3) is 11.1 Å². The number of nitrogens with one attached hydrogen (secondary N) is 2. The minimum Gasteiger partial charge on any atom is -0.304 e. The van der Waals surface area contributed by atoms with E-state index in [4.69, 9.17) is 0 Å². The SMILES string of the molecule is Cc1[nH]nc(NC(=O)c2ccc(CC(C)C)s2)c1-c1cccnc1. The Morgan fingerprint density at radius 2 is 2.17 bits per heavy atom. The summed E-state index contributed by atoms with van der Waals surface area (Å²) in [6, 6.07) is 7.72. The van der Waals surface area contributed by atoms with Crippen molar-refractivity contribution in [3.63, 3.8) is 0 Å². The maximum Gasteiger partial charge on any atom is 0.266 e. The van der Waals surface area contributed by atoms with Gasteiger partial charge in [-0.05, 0) is 37.5 Å². The van der Waals surface area contributed by atoms with Gasteiger partial charge in [-0.25, -0.2) is 0 Å². The number of hydrogen-bond acceptors (Lipinski definition) is 4. The summed E-state index contributed by atoms with van der Waals surface area (Å²) in [6.45, 7) is 6.27. The summed E-state index contributed by atoms with van der Waals surface area (Å²) in [5, 5.41) is 10.1. The third-order valence-electron chi connectivity index (χ3n) is 3.62. The molecule has 0 atom stereocenters. The molecule has 0 fully saturated rings. The number of hydrogen-bond donors (Lipinski definition) is 2. The monoisotopic (exact) mass is 340 g/mol. The lowest BCUT2D eigenvalue weighted by atomic mass is 10.1. The van der Waals surface area contributed by atoms with Crippen molar-refractivity contribution in [1.82, 2.24) is 15.2 Å². The second-order valence-electron chi connectivity index (χ2n) is 6.13. The number of nitrogens with zero attached hydrogens (tertiary/aromatic N) is 2. The Labute approximate surface area is 145 Å². The molecule has 1 amide bonds. The summed E-state index contributed by atoms with van der Waals surface area (Å²) in [5.41, 5.74) is 2.69. The van der Waals surface area contributed by atoms with E-state index in [1.807, 2.05) is 31.2 Å². The van der Waals surface area contributed by atoms with Gasteiger partial charge in [-0.1, -0.05) is 19.9 Å². The predicted octanol–water partition coefficient (Wildman–Crippen LogP) is 4.29. The highest BCUT2D eigenvalue weighted by molar-refractivity contribution is 7.14. The van der Waals surface area contributed by atoms with Crippen molar-refractivity contribution in [2.45, 2.75) is 27.2 Å². The molecule has 0 saturated heterocycles. The third-order valence-corrected chi connectivity index (χ3v) is 4.73. The van der Waals surface area contributed by atoms with Crippen LogP contribution in [0.4, 0.5) is 5.82 Å². The molecular formula is C18H20N4OS. The summed E-state index contributed by atoms with van der Waals surface area (Å²) in [6.07, 6.45) is 4.47. The van der Waals surface area contributed by atoms with Crippen molar-refractivity contribution in [2.24, 2.45) is 5.92 Å². The number of aromatic nitrogens is 3. The first-order chi connectivity index (χ1) is 11.5. The number of aryl methyl sites for hydroxylation is 1. The van der Waals surface area contributed by atoms with Crippen molar-refractivity contribution >= 4 is 23.1 Å². The molecule has 0 aliphatic carbocycles. The van der Waals surface area contributed by atoms with E-state index < -0.39 is 0 Å². The van der Waals surface area contributed by atoms with Crippen LogP contribution in [0, 0.1) is 12.8 Å². The zero-order chi connectivity index (χ0) is 17.1. The predicted molar refractivity (Wildman–Crippen MR) is 97.4 cm³/mol. The van der Waals surface area contributed by atoms with Gasteiger partial charge in [0, 0.05) is 34.1 Å². The lowest BCUT2D eigenvalue weighted by Crippen LogP contribution is -2.11. The van der Waals surface area contributed by atoms with Crippen molar-refractivity contribution in [3.05, 3.63) is 52.1 Å². The van der Waals surface area contributed by atoms with E-state index in [1.165, 1.54) is 16.2 Å². The number of thiophene rings is 1. The number of pyridine rings is 1. The summed E-state index contributed by atoms with van der Waals surface area (Å²) in [5.74, 6) is 0.974. The fourth-order valence-corrected chi connectivity index (χ4v) is 3.68. The summed E-state index contributed by atoms with van der Waals surface area (Å²) in [4.78, 5) is 18.6. The van der Waals surface area contributed by atoms with Gasteiger partial charge in [0.1, 0.15) is 0 Å².